The first-order chi connectivity index (χ1) is 8.97. The molecule has 0 bridgehead atoms. The van der Waals surface area contributed by atoms with Crippen LogP contribution in [0, 0.1) is 11.6 Å². The minimum absolute atomic E-state index is 0.170. The zero-order chi connectivity index (χ0) is 14.0. The summed E-state index contributed by atoms with van der Waals surface area (Å²) in [5.74, 6) is -1.82. The Morgan fingerprint density at radius 1 is 1.05 bits per heavy atom. The standard InChI is InChI=1S/C14H9Br2ClF2/c15-9-3-1-8(2-4-9)5-11(16)10-6-13(18)14(19)7-12(10)17/h1-4,6-7,11H,5H2. The van der Waals surface area contributed by atoms with E-state index in [2.05, 4.69) is 31.9 Å². The lowest BCUT2D eigenvalue weighted by Gasteiger charge is -2.13. The smallest absolute Gasteiger partial charge is 0.160 e. The Balaban J connectivity index is 2.22. The molecule has 0 saturated heterocycles. The molecule has 100 valence electrons. The van der Waals surface area contributed by atoms with E-state index in [0.29, 0.717) is 12.0 Å². The number of halogens is 5. The fraction of sp³-hybridized carbons (Fsp3) is 0.143. The number of hydrogen-bond donors (Lipinski definition) is 0. The molecule has 0 fully saturated rings. The zero-order valence-electron chi connectivity index (χ0n) is 9.64. The summed E-state index contributed by atoms with van der Waals surface area (Å²) in [5, 5.41) is 0.220. The average molecular weight is 410 g/mol. The van der Waals surface area contributed by atoms with Crippen molar-refractivity contribution in [3.63, 3.8) is 0 Å². The predicted molar refractivity (Wildman–Crippen MR) is 80.9 cm³/mol. The molecule has 1 unspecified atom stereocenters. The van der Waals surface area contributed by atoms with Crippen LogP contribution in [-0.4, -0.2) is 0 Å². The third kappa shape index (κ3) is 3.77. The zero-order valence-corrected chi connectivity index (χ0v) is 13.6. The molecule has 2 aromatic carbocycles. The monoisotopic (exact) mass is 408 g/mol. The molecule has 0 amide bonds. The second kappa shape index (κ2) is 6.33. The van der Waals surface area contributed by atoms with E-state index in [-0.39, 0.29) is 9.85 Å². The molecule has 0 heterocycles. The number of hydrogen-bond acceptors (Lipinski definition) is 0. The summed E-state index contributed by atoms with van der Waals surface area (Å²) in [7, 11) is 0. The molecule has 19 heavy (non-hydrogen) atoms. The van der Waals surface area contributed by atoms with Crippen LogP contribution in [0.1, 0.15) is 16.0 Å². The molecule has 0 aliphatic heterocycles. The molecule has 5 heteroatoms. The average Bonchev–Trinajstić information content (AvgIpc) is 2.36. The lowest BCUT2D eigenvalue weighted by atomic mass is 10.0. The van der Waals surface area contributed by atoms with Gasteiger partial charge in [0.2, 0.25) is 0 Å². The summed E-state index contributed by atoms with van der Waals surface area (Å²) in [6, 6.07) is 9.93. The minimum Gasteiger partial charge on any atom is -0.204 e. The quantitative estimate of drug-likeness (QED) is 0.426. The second-order valence-corrected chi connectivity index (χ2v) is 6.51. The Kier molecular flexibility index (Phi) is 4.98. The van der Waals surface area contributed by atoms with Crippen LogP contribution in [0.3, 0.4) is 0 Å². The van der Waals surface area contributed by atoms with Crippen LogP contribution in [0.5, 0.6) is 0 Å². The van der Waals surface area contributed by atoms with Gasteiger partial charge in [-0.1, -0.05) is 55.6 Å². The van der Waals surface area contributed by atoms with Gasteiger partial charge >= 0.3 is 0 Å². The van der Waals surface area contributed by atoms with Gasteiger partial charge in [0.1, 0.15) is 0 Å². The van der Waals surface area contributed by atoms with Crippen molar-refractivity contribution in [3.05, 3.63) is 68.7 Å². The van der Waals surface area contributed by atoms with Crippen molar-refractivity contribution in [2.75, 3.05) is 0 Å². The van der Waals surface area contributed by atoms with Crippen molar-refractivity contribution < 1.29 is 8.78 Å². The molecule has 0 aromatic heterocycles. The fourth-order valence-electron chi connectivity index (χ4n) is 1.72. The summed E-state index contributed by atoms with van der Waals surface area (Å²) in [4.78, 5) is -0.170. The first kappa shape index (κ1) is 14.9. The SMILES string of the molecule is Fc1cc(Cl)c(C(Br)Cc2ccc(Br)cc2)cc1F. The molecule has 1 atom stereocenters. The summed E-state index contributed by atoms with van der Waals surface area (Å²) in [5.41, 5.74) is 1.62. The summed E-state index contributed by atoms with van der Waals surface area (Å²) in [6.07, 6.45) is 0.637. The maximum Gasteiger partial charge on any atom is 0.160 e. The van der Waals surface area contributed by atoms with Crippen LogP contribution in [0.4, 0.5) is 8.78 Å². The van der Waals surface area contributed by atoms with Gasteiger partial charge in [0.05, 0.1) is 0 Å². The lowest BCUT2D eigenvalue weighted by molar-refractivity contribution is 0.507. The van der Waals surface area contributed by atoms with E-state index < -0.39 is 11.6 Å². The summed E-state index contributed by atoms with van der Waals surface area (Å²) < 4.78 is 27.3. The first-order valence-electron chi connectivity index (χ1n) is 5.50. The molecule has 0 N–H and O–H groups in total. The van der Waals surface area contributed by atoms with E-state index in [9.17, 15) is 8.78 Å². The van der Waals surface area contributed by atoms with Crippen LogP contribution >= 0.6 is 43.5 Å². The molecular weight excluding hydrogens is 401 g/mol. The third-order valence-corrected chi connectivity index (χ3v) is 4.38. The second-order valence-electron chi connectivity index (χ2n) is 4.09. The molecule has 2 rings (SSSR count). The summed E-state index contributed by atoms with van der Waals surface area (Å²) in [6.45, 7) is 0. The summed E-state index contributed by atoms with van der Waals surface area (Å²) >= 11 is 12.8. The van der Waals surface area contributed by atoms with Crippen molar-refractivity contribution in [1.82, 2.24) is 0 Å². The maximum atomic E-state index is 13.3. The van der Waals surface area contributed by atoms with Crippen LogP contribution in [0.25, 0.3) is 0 Å². The van der Waals surface area contributed by atoms with E-state index in [0.717, 1.165) is 22.2 Å². The Hall–Kier alpha value is -0.450. The van der Waals surface area contributed by atoms with E-state index in [1.54, 1.807) is 0 Å². The molecule has 0 aliphatic rings. The molecule has 0 saturated carbocycles. The predicted octanol–water partition coefficient (Wildman–Crippen LogP) is 6.06. The molecule has 0 aliphatic carbocycles. The fourth-order valence-corrected chi connectivity index (χ4v) is 3.15. The van der Waals surface area contributed by atoms with Crippen LogP contribution in [-0.2, 0) is 6.42 Å². The van der Waals surface area contributed by atoms with Crippen molar-refractivity contribution in [3.8, 4) is 0 Å². The number of rotatable bonds is 3. The van der Waals surface area contributed by atoms with Crippen LogP contribution < -0.4 is 0 Å². The van der Waals surface area contributed by atoms with Gasteiger partial charge in [-0.25, -0.2) is 8.78 Å². The van der Waals surface area contributed by atoms with Crippen molar-refractivity contribution >= 4 is 43.5 Å². The highest BCUT2D eigenvalue weighted by Gasteiger charge is 2.16. The Morgan fingerprint density at radius 3 is 2.26 bits per heavy atom. The maximum absolute atomic E-state index is 13.3. The van der Waals surface area contributed by atoms with Gasteiger partial charge in [0.15, 0.2) is 11.6 Å². The van der Waals surface area contributed by atoms with Crippen LogP contribution in [0.2, 0.25) is 5.02 Å². The van der Waals surface area contributed by atoms with Gasteiger partial charge < -0.3 is 0 Å². The third-order valence-electron chi connectivity index (χ3n) is 2.71. The van der Waals surface area contributed by atoms with Gasteiger partial charge in [0.25, 0.3) is 0 Å². The van der Waals surface area contributed by atoms with Crippen molar-refractivity contribution in [2.24, 2.45) is 0 Å². The van der Waals surface area contributed by atoms with Crippen molar-refractivity contribution in [1.29, 1.82) is 0 Å². The minimum atomic E-state index is -0.933. The van der Waals surface area contributed by atoms with Gasteiger partial charge in [-0.05, 0) is 41.8 Å². The van der Waals surface area contributed by atoms with E-state index in [1.807, 2.05) is 24.3 Å². The van der Waals surface area contributed by atoms with Gasteiger partial charge in [-0.3, -0.25) is 0 Å². The normalized spacial score (nSPS) is 12.5. The van der Waals surface area contributed by atoms with Gasteiger partial charge in [0, 0.05) is 14.3 Å². The first-order valence-corrected chi connectivity index (χ1v) is 7.59. The van der Waals surface area contributed by atoms with Crippen molar-refractivity contribution in [2.45, 2.75) is 11.2 Å². The molecule has 2 aromatic rings. The van der Waals surface area contributed by atoms with Gasteiger partial charge in [-0.15, -0.1) is 0 Å². The highest BCUT2D eigenvalue weighted by Crippen LogP contribution is 2.33. The highest BCUT2D eigenvalue weighted by atomic mass is 79.9. The lowest BCUT2D eigenvalue weighted by Crippen LogP contribution is -1.99. The molecule has 0 spiro atoms. The Labute approximate surface area is 132 Å². The molecule has 0 nitrogen and oxygen atoms in total. The van der Waals surface area contributed by atoms with E-state index in [4.69, 9.17) is 11.6 Å². The Morgan fingerprint density at radius 2 is 1.63 bits per heavy atom. The van der Waals surface area contributed by atoms with E-state index in [1.165, 1.54) is 0 Å². The molecule has 0 radical (unpaired) electrons. The topological polar surface area (TPSA) is 0 Å². The van der Waals surface area contributed by atoms with Gasteiger partial charge in [-0.2, -0.15) is 0 Å². The largest absolute Gasteiger partial charge is 0.204 e. The molecular formula is C14H9Br2ClF2. The Bertz CT molecular complexity index is 585. The number of alkyl halides is 1. The van der Waals surface area contributed by atoms with E-state index >= 15 is 0 Å². The van der Waals surface area contributed by atoms with Crippen LogP contribution in [0.15, 0.2) is 40.9 Å². The number of benzene rings is 2. The highest BCUT2D eigenvalue weighted by molar-refractivity contribution is 9.10.